The van der Waals surface area contributed by atoms with Gasteiger partial charge in [-0.25, -0.2) is 4.98 Å². The van der Waals surface area contributed by atoms with Gasteiger partial charge in [0.2, 0.25) is 0 Å². The number of halogens is 1. The van der Waals surface area contributed by atoms with Crippen molar-refractivity contribution < 1.29 is 0 Å². The molecule has 0 aliphatic carbocycles. The minimum atomic E-state index is 0.138. The zero-order valence-corrected chi connectivity index (χ0v) is 13.0. The molecule has 0 bridgehead atoms. The first-order valence-electron chi connectivity index (χ1n) is 6.75. The van der Waals surface area contributed by atoms with Gasteiger partial charge in [0, 0.05) is 23.8 Å². The van der Waals surface area contributed by atoms with Gasteiger partial charge < -0.3 is 9.88 Å². The van der Waals surface area contributed by atoms with E-state index in [2.05, 4.69) is 41.0 Å². The van der Waals surface area contributed by atoms with Crippen LogP contribution in [0.15, 0.2) is 24.5 Å². The van der Waals surface area contributed by atoms with Crippen molar-refractivity contribution in [1.29, 1.82) is 0 Å². The van der Waals surface area contributed by atoms with Crippen LogP contribution in [-0.4, -0.2) is 16.1 Å². The number of thiophene rings is 1. The highest BCUT2D eigenvalue weighted by atomic mass is 35.5. The lowest BCUT2D eigenvalue weighted by Gasteiger charge is -2.18. The van der Waals surface area contributed by atoms with Gasteiger partial charge in [-0.2, -0.15) is 0 Å². The third-order valence-corrected chi connectivity index (χ3v) is 4.24. The van der Waals surface area contributed by atoms with Gasteiger partial charge in [0.25, 0.3) is 0 Å². The van der Waals surface area contributed by atoms with Gasteiger partial charge in [-0.1, -0.05) is 25.4 Å². The second kappa shape index (κ2) is 7.08. The predicted octanol–water partition coefficient (Wildman–Crippen LogP) is 4.10. The summed E-state index contributed by atoms with van der Waals surface area (Å²) in [4.78, 5) is 5.76. The van der Waals surface area contributed by atoms with Gasteiger partial charge >= 0.3 is 0 Å². The SMILES string of the molecule is CCCNC(c1ccc(Cl)s1)c1nccn1CCC. The Balaban J connectivity index is 2.28. The Morgan fingerprint density at radius 3 is 2.84 bits per heavy atom. The Hall–Kier alpha value is -0.840. The molecule has 3 nitrogen and oxygen atoms in total. The Kier molecular flexibility index (Phi) is 5.43. The molecule has 0 radical (unpaired) electrons. The molecule has 1 unspecified atom stereocenters. The molecule has 0 aliphatic rings. The number of aryl methyl sites for hydroxylation is 1. The molecule has 0 amide bonds. The van der Waals surface area contributed by atoms with Crippen molar-refractivity contribution in [2.24, 2.45) is 0 Å². The van der Waals surface area contributed by atoms with Crippen molar-refractivity contribution in [3.63, 3.8) is 0 Å². The lowest BCUT2D eigenvalue weighted by Crippen LogP contribution is -2.25. The summed E-state index contributed by atoms with van der Waals surface area (Å²) in [5, 5.41) is 3.57. The van der Waals surface area contributed by atoms with Crippen LogP contribution in [0.4, 0.5) is 0 Å². The van der Waals surface area contributed by atoms with Gasteiger partial charge in [-0.05, 0) is 31.5 Å². The highest BCUT2D eigenvalue weighted by Gasteiger charge is 2.20. The lowest BCUT2D eigenvalue weighted by molar-refractivity contribution is 0.535. The van der Waals surface area contributed by atoms with E-state index in [0.717, 1.165) is 36.1 Å². The fourth-order valence-corrected chi connectivity index (χ4v) is 3.24. The van der Waals surface area contributed by atoms with Crippen molar-refractivity contribution >= 4 is 22.9 Å². The van der Waals surface area contributed by atoms with Crippen LogP contribution < -0.4 is 5.32 Å². The maximum Gasteiger partial charge on any atom is 0.131 e. The molecule has 0 aromatic carbocycles. The quantitative estimate of drug-likeness (QED) is 0.834. The largest absolute Gasteiger partial charge is 0.333 e. The monoisotopic (exact) mass is 297 g/mol. The zero-order chi connectivity index (χ0) is 13.7. The lowest BCUT2D eigenvalue weighted by atomic mass is 10.2. The average Bonchev–Trinajstić information content (AvgIpc) is 3.01. The minimum Gasteiger partial charge on any atom is -0.333 e. The molecule has 0 fully saturated rings. The van der Waals surface area contributed by atoms with Gasteiger partial charge in [-0.15, -0.1) is 11.3 Å². The molecular weight excluding hydrogens is 278 g/mol. The number of hydrogen-bond acceptors (Lipinski definition) is 3. The number of aromatic nitrogens is 2. The Morgan fingerprint density at radius 1 is 1.37 bits per heavy atom. The Morgan fingerprint density at radius 2 is 2.21 bits per heavy atom. The fourth-order valence-electron chi connectivity index (χ4n) is 2.10. The zero-order valence-electron chi connectivity index (χ0n) is 11.4. The average molecular weight is 298 g/mol. The minimum absolute atomic E-state index is 0.138. The van der Waals surface area contributed by atoms with E-state index in [1.54, 1.807) is 11.3 Å². The van der Waals surface area contributed by atoms with Crippen LogP contribution in [0.3, 0.4) is 0 Å². The van der Waals surface area contributed by atoms with Gasteiger partial charge in [0.05, 0.1) is 4.34 Å². The van der Waals surface area contributed by atoms with E-state index in [1.165, 1.54) is 4.88 Å². The summed E-state index contributed by atoms with van der Waals surface area (Å²) in [6.07, 6.45) is 6.13. The normalized spacial score (nSPS) is 12.8. The summed E-state index contributed by atoms with van der Waals surface area (Å²) >= 11 is 7.69. The first-order valence-corrected chi connectivity index (χ1v) is 7.95. The van der Waals surface area contributed by atoms with Gasteiger partial charge in [0.1, 0.15) is 11.9 Å². The van der Waals surface area contributed by atoms with E-state index >= 15 is 0 Å². The van der Waals surface area contributed by atoms with Crippen molar-refractivity contribution in [1.82, 2.24) is 14.9 Å². The molecule has 5 heteroatoms. The van der Waals surface area contributed by atoms with Crippen LogP contribution in [0, 0.1) is 0 Å². The topological polar surface area (TPSA) is 29.9 Å². The van der Waals surface area contributed by atoms with Crippen molar-refractivity contribution in [3.05, 3.63) is 39.6 Å². The number of imidazole rings is 1. The highest BCUT2D eigenvalue weighted by Crippen LogP contribution is 2.30. The smallest absolute Gasteiger partial charge is 0.131 e. The van der Waals surface area contributed by atoms with Gasteiger partial charge in [-0.3, -0.25) is 0 Å². The third kappa shape index (κ3) is 3.59. The second-order valence-electron chi connectivity index (χ2n) is 4.51. The molecule has 0 spiro atoms. The molecule has 19 heavy (non-hydrogen) atoms. The summed E-state index contributed by atoms with van der Waals surface area (Å²) in [6.45, 7) is 6.32. The number of nitrogens with zero attached hydrogens (tertiary/aromatic N) is 2. The van der Waals surface area contributed by atoms with Gasteiger partial charge in [0.15, 0.2) is 0 Å². The molecule has 2 aromatic heterocycles. The van der Waals surface area contributed by atoms with E-state index in [4.69, 9.17) is 11.6 Å². The van der Waals surface area contributed by atoms with E-state index in [9.17, 15) is 0 Å². The Labute approximate surface area is 123 Å². The summed E-state index contributed by atoms with van der Waals surface area (Å²) in [6, 6.07) is 4.18. The first kappa shape index (κ1) is 14.6. The second-order valence-corrected chi connectivity index (χ2v) is 6.25. The van der Waals surface area contributed by atoms with E-state index in [0.29, 0.717) is 0 Å². The van der Waals surface area contributed by atoms with Crippen LogP contribution in [0.1, 0.15) is 43.4 Å². The first-order chi connectivity index (χ1) is 9.26. The molecule has 0 saturated carbocycles. The molecule has 2 rings (SSSR count). The molecule has 0 aliphatic heterocycles. The van der Waals surface area contributed by atoms with E-state index < -0.39 is 0 Å². The van der Waals surface area contributed by atoms with Crippen molar-refractivity contribution in [2.45, 2.75) is 39.3 Å². The van der Waals surface area contributed by atoms with Crippen LogP contribution >= 0.6 is 22.9 Å². The Bertz CT molecular complexity index is 506. The predicted molar refractivity (Wildman–Crippen MR) is 82.0 cm³/mol. The maximum absolute atomic E-state index is 6.06. The summed E-state index contributed by atoms with van der Waals surface area (Å²) in [5.74, 6) is 1.08. The molecule has 2 heterocycles. The number of nitrogens with one attached hydrogen (secondary N) is 1. The standard InChI is InChI=1S/C14H20ClN3S/c1-3-7-16-13(11-5-6-12(15)19-11)14-17-8-10-18(14)9-4-2/h5-6,8,10,13,16H,3-4,7,9H2,1-2H3. The van der Waals surface area contributed by atoms with Crippen LogP contribution in [0.5, 0.6) is 0 Å². The van der Waals surface area contributed by atoms with Crippen LogP contribution in [-0.2, 0) is 6.54 Å². The molecule has 2 aromatic rings. The number of rotatable bonds is 7. The summed E-state index contributed by atoms with van der Waals surface area (Å²) < 4.78 is 3.05. The molecule has 1 N–H and O–H groups in total. The van der Waals surface area contributed by atoms with E-state index in [-0.39, 0.29) is 6.04 Å². The van der Waals surface area contributed by atoms with Crippen LogP contribution in [0.2, 0.25) is 4.34 Å². The molecule has 1 atom stereocenters. The summed E-state index contributed by atoms with van der Waals surface area (Å²) in [7, 11) is 0. The third-order valence-electron chi connectivity index (χ3n) is 2.95. The van der Waals surface area contributed by atoms with Crippen molar-refractivity contribution in [3.8, 4) is 0 Å². The number of hydrogen-bond donors (Lipinski definition) is 1. The summed E-state index contributed by atoms with van der Waals surface area (Å²) in [5.41, 5.74) is 0. The fraction of sp³-hybridized carbons (Fsp3) is 0.500. The molecule has 104 valence electrons. The molecule has 0 saturated heterocycles. The van der Waals surface area contributed by atoms with Crippen molar-refractivity contribution in [2.75, 3.05) is 6.54 Å². The van der Waals surface area contributed by atoms with Crippen LogP contribution in [0.25, 0.3) is 0 Å². The molecular formula is C14H20ClN3S. The maximum atomic E-state index is 6.06. The van der Waals surface area contributed by atoms with E-state index in [1.807, 2.05) is 12.3 Å². The highest BCUT2D eigenvalue weighted by molar-refractivity contribution is 7.16.